The molecule has 0 spiro atoms. The molecule has 0 amide bonds. The van der Waals surface area contributed by atoms with Crippen molar-refractivity contribution in [2.75, 3.05) is 6.61 Å². The molecule has 1 aliphatic heterocycles. The molecule has 0 aromatic heterocycles. The first kappa shape index (κ1) is 8.90. The van der Waals surface area contributed by atoms with Gasteiger partial charge in [0.1, 0.15) is 18.9 Å². The fourth-order valence-electron chi connectivity index (χ4n) is 0.779. The summed E-state index contributed by atoms with van der Waals surface area (Å²) in [5, 5.41) is 0. The van der Waals surface area contributed by atoms with Crippen molar-refractivity contribution in [3.8, 4) is 0 Å². The predicted molar refractivity (Wildman–Crippen MR) is 41.0 cm³/mol. The second-order valence-corrected chi connectivity index (χ2v) is 2.40. The summed E-state index contributed by atoms with van der Waals surface area (Å²) in [6, 6.07) is 0. The van der Waals surface area contributed by atoms with E-state index in [-0.39, 0.29) is 12.4 Å². The summed E-state index contributed by atoms with van der Waals surface area (Å²) in [6.45, 7) is 2.40. The molecule has 0 bridgehead atoms. The highest BCUT2D eigenvalue weighted by Gasteiger charge is 2.17. The minimum Gasteiger partial charge on any atom is -0.465 e. The van der Waals surface area contributed by atoms with Gasteiger partial charge >= 0.3 is 5.97 Å². The van der Waals surface area contributed by atoms with Crippen LogP contribution in [0.3, 0.4) is 0 Å². The SMILES string of the molecule is CCCOC(=O)CC1OC=CO1. The Morgan fingerprint density at radius 3 is 2.75 bits per heavy atom. The van der Waals surface area contributed by atoms with Crippen LogP contribution in [0.4, 0.5) is 0 Å². The van der Waals surface area contributed by atoms with Crippen LogP contribution < -0.4 is 0 Å². The second-order valence-electron chi connectivity index (χ2n) is 2.40. The Hall–Kier alpha value is -1.19. The zero-order chi connectivity index (χ0) is 8.81. The maximum absolute atomic E-state index is 10.9. The van der Waals surface area contributed by atoms with Crippen molar-refractivity contribution in [2.45, 2.75) is 26.1 Å². The molecule has 68 valence electrons. The molecule has 0 atom stereocenters. The highest BCUT2D eigenvalue weighted by atomic mass is 16.7. The van der Waals surface area contributed by atoms with Crippen LogP contribution in [-0.4, -0.2) is 18.9 Å². The Morgan fingerprint density at radius 2 is 2.17 bits per heavy atom. The van der Waals surface area contributed by atoms with Crippen LogP contribution >= 0.6 is 0 Å². The summed E-state index contributed by atoms with van der Waals surface area (Å²) < 4.78 is 14.6. The number of rotatable bonds is 4. The molecule has 0 saturated carbocycles. The second kappa shape index (κ2) is 4.64. The standard InChI is InChI=1S/C8H12O4/c1-2-3-10-7(9)6-8-11-4-5-12-8/h4-5,8H,2-3,6H2,1H3. The molecule has 4 nitrogen and oxygen atoms in total. The van der Waals surface area contributed by atoms with E-state index in [0.29, 0.717) is 6.61 Å². The molecule has 4 heteroatoms. The molecule has 0 aliphatic carbocycles. The molecule has 0 fully saturated rings. The van der Waals surface area contributed by atoms with E-state index in [1.807, 2.05) is 6.92 Å². The maximum atomic E-state index is 10.9. The zero-order valence-corrected chi connectivity index (χ0v) is 6.99. The van der Waals surface area contributed by atoms with Crippen molar-refractivity contribution in [2.24, 2.45) is 0 Å². The molecule has 12 heavy (non-hydrogen) atoms. The largest absolute Gasteiger partial charge is 0.465 e. The molecule has 0 unspecified atom stereocenters. The summed E-state index contributed by atoms with van der Waals surface area (Å²) in [6.07, 6.45) is 3.31. The van der Waals surface area contributed by atoms with E-state index in [0.717, 1.165) is 6.42 Å². The van der Waals surface area contributed by atoms with E-state index < -0.39 is 6.29 Å². The lowest BCUT2D eigenvalue weighted by molar-refractivity contribution is -0.150. The number of carbonyl (C=O) groups excluding carboxylic acids is 1. The van der Waals surface area contributed by atoms with Crippen LogP contribution in [0.5, 0.6) is 0 Å². The van der Waals surface area contributed by atoms with Gasteiger partial charge in [0.05, 0.1) is 6.61 Å². The summed E-state index contributed by atoms with van der Waals surface area (Å²) in [5.74, 6) is -0.287. The van der Waals surface area contributed by atoms with Gasteiger partial charge in [-0.25, -0.2) is 0 Å². The molecular formula is C8H12O4. The molecule has 0 radical (unpaired) electrons. The number of hydrogen-bond donors (Lipinski definition) is 0. The lowest BCUT2D eigenvalue weighted by atomic mass is 10.4. The Kier molecular flexibility index (Phi) is 3.44. The maximum Gasteiger partial charge on any atom is 0.313 e. The van der Waals surface area contributed by atoms with Crippen molar-refractivity contribution >= 4 is 5.97 Å². The molecule has 0 N–H and O–H groups in total. The molecule has 1 heterocycles. The highest BCUT2D eigenvalue weighted by molar-refractivity contribution is 5.69. The third-order valence-corrected chi connectivity index (χ3v) is 1.32. The summed E-state index contributed by atoms with van der Waals surface area (Å²) in [5.41, 5.74) is 0. The average molecular weight is 172 g/mol. The van der Waals surface area contributed by atoms with Gasteiger partial charge in [0, 0.05) is 0 Å². The number of esters is 1. The smallest absolute Gasteiger partial charge is 0.313 e. The topological polar surface area (TPSA) is 44.8 Å². The zero-order valence-electron chi connectivity index (χ0n) is 6.99. The third kappa shape index (κ3) is 2.82. The number of ether oxygens (including phenoxy) is 3. The summed E-state index contributed by atoms with van der Waals surface area (Å²) >= 11 is 0. The van der Waals surface area contributed by atoms with E-state index in [4.69, 9.17) is 14.2 Å². The van der Waals surface area contributed by atoms with Gasteiger partial charge in [0.25, 0.3) is 0 Å². The van der Waals surface area contributed by atoms with Gasteiger partial charge in [-0.15, -0.1) is 0 Å². The van der Waals surface area contributed by atoms with Gasteiger partial charge in [-0.3, -0.25) is 4.79 Å². The molecule has 1 aliphatic rings. The first-order valence-corrected chi connectivity index (χ1v) is 3.94. The molecule has 0 aromatic rings. The van der Waals surface area contributed by atoms with Crippen molar-refractivity contribution < 1.29 is 19.0 Å². The van der Waals surface area contributed by atoms with Crippen molar-refractivity contribution in [1.29, 1.82) is 0 Å². The predicted octanol–water partition coefficient (Wildman–Crippen LogP) is 1.17. The molecular weight excluding hydrogens is 160 g/mol. The van der Waals surface area contributed by atoms with Crippen LogP contribution in [0.25, 0.3) is 0 Å². The van der Waals surface area contributed by atoms with Crippen LogP contribution in [0.15, 0.2) is 12.5 Å². The lowest BCUT2D eigenvalue weighted by Gasteiger charge is -2.08. The molecule has 0 aromatic carbocycles. The Bertz CT molecular complexity index is 168. The van der Waals surface area contributed by atoms with Gasteiger partial charge in [-0.2, -0.15) is 0 Å². The minimum atomic E-state index is -0.491. The minimum absolute atomic E-state index is 0.146. The summed E-state index contributed by atoms with van der Waals surface area (Å²) in [4.78, 5) is 10.9. The Labute approximate surface area is 71.1 Å². The van der Waals surface area contributed by atoms with Crippen LogP contribution in [-0.2, 0) is 19.0 Å². The third-order valence-electron chi connectivity index (χ3n) is 1.32. The van der Waals surface area contributed by atoms with Crippen LogP contribution in [0, 0.1) is 0 Å². The lowest BCUT2D eigenvalue weighted by Crippen LogP contribution is -2.16. The quantitative estimate of drug-likeness (QED) is 0.597. The number of carbonyl (C=O) groups is 1. The van der Waals surface area contributed by atoms with Crippen LogP contribution in [0.1, 0.15) is 19.8 Å². The summed E-state index contributed by atoms with van der Waals surface area (Å²) in [7, 11) is 0. The molecule has 1 rings (SSSR count). The monoisotopic (exact) mass is 172 g/mol. The first-order chi connectivity index (χ1) is 5.83. The van der Waals surface area contributed by atoms with Gasteiger partial charge < -0.3 is 14.2 Å². The van der Waals surface area contributed by atoms with E-state index in [2.05, 4.69) is 0 Å². The number of hydrogen-bond acceptors (Lipinski definition) is 4. The fraction of sp³-hybridized carbons (Fsp3) is 0.625. The van der Waals surface area contributed by atoms with Crippen molar-refractivity contribution in [3.05, 3.63) is 12.5 Å². The van der Waals surface area contributed by atoms with Gasteiger partial charge in [0.15, 0.2) is 0 Å². The van der Waals surface area contributed by atoms with E-state index in [9.17, 15) is 4.79 Å². The van der Waals surface area contributed by atoms with E-state index in [1.165, 1.54) is 12.5 Å². The van der Waals surface area contributed by atoms with E-state index in [1.54, 1.807) is 0 Å². The highest BCUT2D eigenvalue weighted by Crippen LogP contribution is 2.09. The fourth-order valence-corrected chi connectivity index (χ4v) is 0.779. The normalized spacial score (nSPS) is 15.4. The first-order valence-electron chi connectivity index (χ1n) is 3.94. The Morgan fingerprint density at radius 1 is 1.50 bits per heavy atom. The van der Waals surface area contributed by atoms with E-state index >= 15 is 0 Å². The Balaban J connectivity index is 2.09. The van der Waals surface area contributed by atoms with Crippen LogP contribution in [0.2, 0.25) is 0 Å². The van der Waals surface area contributed by atoms with Crippen molar-refractivity contribution in [1.82, 2.24) is 0 Å². The van der Waals surface area contributed by atoms with Gasteiger partial charge in [0.2, 0.25) is 6.29 Å². The van der Waals surface area contributed by atoms with Crippen molar-refractivity contribution in [3.63, 3.8) is 0 Å². The average Bonchev–Trinajstić information content (AvgIpc) is 2.53. The van der Waals surface area contributed by atoms with Gasteiger partial charge in [-0.05, 0) is 6.42 Å². The van der Waals surface area contributed by atoms with Gasteiger partial charge in [-0.1, -0.05) is 6.92 Å². The molecule has 0 saturated heterocycles.